The van der Waals surface area contributed by atoms with E-state index in [4.69, 9.17) is 16.6 Å². The maximum Gasteiger partial charge on any atom is 0.416 e. The van der Waals surface area contributed by atoms with Crippen LogP contribution in [0.4, 0.5) is 18.3 Å². The van der Waals surface area contributed by atoms with Crippen LogP contribution in [0.3, 0.4) is 0 Å². The zero-order valence-electron chi connectivity index (χ0n) is 15.5. The lowest BCUT2D eigenvalue weighted by atomic mass is 10.1. The molecule has 152 valence electrons. The summed E-state index contributed by atoms with van der Waals surface area (Å²) in [5, 5.41) is 1.50. The van der Waals surface area contributed by atoms with Gasteiger partial charge in [-0.2, -0.15) is 13.2 Å². The Morgan fingerprint density at radius 1 is 1.14 bits per heavy atom. The van der Waals surface area contributed by atoms with Crippen LogP contribution in [0.2, 0.25) is 5.02 Å². The minimum Gasteiger partial charge on any atom is -0.345 e. The van der Waals surface area contributed by atoms with Crippen molar-refractivity contribution in [2.24, 2.45) is 0 Å². The molecular formula is C20H17ClF3N3OS. The first-order chi connectivity index (χ1) is 13.7. The van der Waals surface area contributed by atoms with Gasteiger partial charge in [-0.05, 0) is 36.8 Å². The molecule has 4 rings (SSSR count). The highest BCUT2D eigenvalue weighted by molar-refractivity contribution is 7.22. The summed E-state index contributed by atoms with van der Waals surface area (Å²) in [7, 11) is 0. The average molecular weight is 440 g/mol. The fourth-order valence-electron chi connectivity index (χ4n) is 3.34. The number of aryl methyl sites for hydroxylation is 1. The number of hydrogen-bond acceptors (Lipinski definition) is 4. The van der Waals surface area contributed by atoms with E-state index >= 15 is 0 Å². The number of piperazine rings is 1. The van der Waals surface area contributed by atoms with Crippen LogP contribution in [-0.2, 0) is 6.18 Å². The van der Waals surface area contributed by atoms with Gasteiger partial charge >= 0.3 is 6.18 Å². The molecule has 0 aliphatic carbocycles. The molecule has 9 heteroatoms. The number of fused-ring (bicyclic) bond motifs is 1. The highest BCUT2D eigenvalue weighted by Gasteiger charge is 2.32. The Labute approximate surface area is 174 Å². The zero-order valence-corrected chi connectivity index (χ0v) is 17.0. The van der Waals surface area contributed by atoms with Gasteiger partial charge in [0.1, 0.15) is 0 Å². The van der Waals surface area contributed by atoms with Gasteiger partial charge in [0.05, 0.1) is 20.8 Å². The average Bonchev–Trinajstić information content (AvgIpc) is 3.17. The van der Waals surface area contributed by atoms with Crippen LogP contribution < -0.4 is 4.90 Å². The number of rotatable bonds is 2. The monoisotopic (exact) mass is 439 g/mol. The molecule has 29 heavy (non-hydrogen) atoms. The molecule has 0 saturated carbocycles. The van der Waals surface area contributed by atoms with Crippen molar-refractivity contribution in [2.45, 2.75) is 13.1 Å². The SMILES string of the molecule is Cc1ccc(Cl)c2sc(N3CCN(C(=O)c4cccc(C(F)(F)F)c4)CC3)nc12. The lowest BCUT2D eigenvalue weighted by Crippen LogP contribution is -2.48. The fraction of sp³-hybridized carbons (Fsp3) is 0.300. The molecule has 0 radical (unpaired) electrons. The van der Waals surface area contributed by atoms with Crippen LogP contribution in [0.15, 0.2) is 36.4 Å². The van der Waals surface area contributed by atoms with Crippen molar-refractivity contribution < 1.29 is 18.0 Å². The second-order valence-electron chi connectivity index (χ2n) is 6.90. The topological polar surface area (TPSA) is 36.4 Å². The van der Waals surface area contributed by atoms with Gasteiger partial charge in [0.25, 0.3) is 5.91 Å². The fourth-order valence-corrected chi connectivity index (χ4v) is 4.71. The van der Waals surface area contributed by atoms with Crippen molar-refractivity contribution in [1.82, 2.24) is 9.88 Å². The standard InChI is InChI=1S/C20H17ClF3N3OS/c1-12-5-6-15(21)17-16(12)25-19(29-17)27-9-7-26(8-10-27)18(28)13-3-2-4-14(11-13)20(22,23)24/h2-6,11H,7-10H2,1H3. The Kier molecular flexibility index (Phi) is 5.16. The molecular weight excluding hydrogens is 423 g/mol. The molecule has 1 aromatic heterocycles. The number of aromatic nitrogens is 1. The number of thiazole rings is 1. The minimum atomic E-state index is -4.47. The molecule has 0 bridgehead atoms. The summed E-state index contributed by atoms with van der Waals surface area (Å²) in [4.78, 5) is 21.0. The van der Waals surface area contributed by atoms with Crippen LogP contribution in [0, 0.1) is 6.92 Å². The van der Waals surface area contributed by atoms with Crippen molar-refractivity contribution in [3.63, 3.8) is 0 Å². The van der Waals surface area contributed by atoms with Crippen LogP contribution in [0.25, 0.3) is 10.2 Å². The van der Waals surface area contributed by atoms with Gasteiger partial charge in [-0.3, -0.25) is 4.79 Å². The smallest absolute Gasteiger partial charge is 0.345 e. The Morgan fingerprint density at radius 3 is 2.52 bits per heavy atom. The molecule has 0 N–H and O–H groups in total. The molecule has 2 heterocycles. The Morgan fingerprint density at radius 2 is 1.86 bits per heavy atom. The van der Waals surface area contributed by atoms with Crippen LogP contribution in [0.1, 0.15) is 21.5 Å². The van der Waals surface area contributed by atoms with E-state index < -0.39 is 11.7 Å². The van der Waals surface area contributed by atoms with Crippen molar-refractivity contribution in [2.75, 3.05) is 31.1 Å². The van der Waals surface area contributed by atoms with E-state index in [0.29, 0.717) is 31.2 Å². The van der Waals surface area contributed by atoms with E-state index in [-0.39, 0.29) is 11.5 Å². The third-order valence-corrected chi connectivity index (χ3v) is 6.54. The molecule has 3 aromatic rings. The highest BCUT2D eigenvalue weighted by Crippen LogP contribution is 2.36. The van der Waals surface area contributed by atoms with Gasteiger partial charge in [-0.25, -0.2) is 4.98 Å². The third-order valence-electron chi connectivity index (χ3n) is 4.96. The van der Waals surface area contributed by atoms with E-state index in [9.17, 15) is 18.0 Å². The molecule has 0 unspecified atom stereocenters. The van der Waals surface area contributed by atoms with Crippen molar-refractivity contribution in [1.29, 1.82) is 0 Å². The van der Waals surface area contributed by atoms with Gasteiger partial charge in [0.15, 0.2) is 5.13 Å². The quantitative estimate of drug-likeness (QED) is 0.548. The number of benzene rings is 2. The molecule has 1 aliphatic rings. The number of halogens is 4. The van der Waals surface area contributed by atoms with Gasteiger partial charge in [-0.15, -0.1) is 0 Å². The lowest BCUT2D eigenvalue weighted by Gasteiger charge is -2.34. The van der Waals surface area contributed by atoms with Gasteiger partial charge in [-0.1, -0.05) is 35.1 Å². The van der Waals surface area contributed by atoms with Gasteiger partial charge in [0.2, 0.25) is 0 Å². The number of nitrogens with zero attached hydrogens (tertiary/aromatic N) is 3. The largest absolute Gasteiger partial charge is 0.416 e. The Hall–Kier alpha value is -2.32. The molecule has 2 aromatic carbocycles. The Bertz CT molecular complexity index is 1040. The summed E-state index contributed by atoms with van der Waals surface area (Å²) in [5.74, 6) is -0.390. The maximum atomic E-state index is 12.9. The molecule has 1 aliphatic heterocycles. The second kappa shape index (κ2) is 7.50. The minimum absolute atomic E-state index is 0.0515. The maximum absolute atomic E-state index is 12.9. The number of carbonyl (C=O) groups excluding carboxylic acids is 1. The van der Waals surface area contributed by atoms with Crippen LogP contribution in [-0.4, -0.2) is 42.0 Å². The first-order valence-electron chi connectivity index (χ1n) is 9.01. The molecule has 1 fully saturated rings. The summed E-state index contributed by atoms with van der Waals surface area (Å²) >= 11 is 7.79. The summed E-state index contributed by atoms with van der Waals surface area (Å²) in [5.41, 5.74) is 1.16. The van der Waals surface area contributed by atoms with Crippen molar-refractivity contribution in [3.05, 3.63) is 58.1 Å². The number of carbonyl (C=O) groups is 1. The number of anilines is 1. The lowest BCUT2D eigenvalue weighted by molar-refractivity contribution is -0.137. The van der Waals surface area contributed by atoms with E-state index in [1.165, 1.54) is 23.5 Å². The van der Waals surface area contributed by atoms with E-state index in [1.807, 2.05) is 19.1 Å². The number of amides is 1. The number of alkyl halides is 3. The Balaban J connectivity index is 1.48. The van der Waals surface area contributed by atoms with Gasteiger partial charge in [0, 0.05) is 31.7 Å². The first-order valence-corrected chi connectivity index (χ1v) is 10.2. The summed E-state index contributed by atoms with van der Waals surface area (Å²) in [6.07, 6.45) is -4.47. The molecule has 0 spiro atoms. The van der Waals surface area contributed by atoms with E-state index in [0.717, 1.165) is 33.0 Å². The number of hydrogen-bond donors (Lipinski definition) is 0. The van der Waals surface area contributed by atoms with Crippen LogP contribution in [0.5, 0.6) is 0 Å². The van der Waals surface area contributed by atoms with Crippen LogP contribution >= 0.6 is 22.9 Å². The normalized spacial score (nSPS) is 15.2. The summed E-state index contributed by atoms with van der Waals surface area (Å²) in [6.45, 7) is 3.92. The highest BCUT2D eigenvalue weighted by atomic mass is 35.5. The van der Waals surface area contributed by atoms with Crippen molar-refractivity contribution in [3.8, 4) is 0 Å². The second-order valence-corrected chi connectivity index (χ2v) is 8.28. The van der Waals surface area contributed by atoms with Gasteiger partial charge < -0.3 is 9.80 Å². The molecule has 1 saturated heterocycles. The van der Waals surface area contributed by atoms with Crippen molar-refractivity contribution >= 4 is 44.2 Å². The molecule has 1 amide bonds. The first kappa shape index (κ1) is 20.0. The summed E-state index contributed by atoms with van der Waals surface area (Å²) in [6, 6.07) is 8.34. The van der Waals surface area contributed by atoms with E-state index in [1.54, 1.807) is 4.90 Å². The zero-order chi connectivity index (χ0) is 20.8. The third kappa shape index (κ3) is 3.91. The molecule has 4 nitrogen and oxygen atoms in total. The van der Waals surface area contributed by atoms with E-state index in [2.05, 4.69) is 4.90 Å². The molecule has 0 atom stereocenters. The summed E-state index contributed by atoms with van der Waals surface area (Å²) < 4.78 is 39.7. The predicted octanol–water partition coefficient (Wildman–Crippen LogP) is 5.24. The predicted molar refractivity (Wildman–Crippen MR) is 109 cm³/mol.